The van der Waals surface area contributed by atoms with Crippen LogP contribution in [0.5, 0.6) is 11.5 Å². The molecule has 174 valence electrons. The summed E-state index contributed by atoms with van der Waals surface area (Å²) >= 11 is 3.35. The van der Waals surface area contributed by atoms with Crippen LogP contribution in [0, 0.1) is 10.1 Å². The van der Waals surface area contributed by atoms with Crippen molar-refractivity contribution in [2.24, 2.45) is 0 Å². The molecule has 0 bridgehead atoms. The Morgan fingerprint density at radius 2 is 1.94 bits per heavy atom. The van der Waals surface area contributed by atoms with Crippen molar-refractivity contribution in [2.45, 2.75) is 24.4 Å². The zero-order valence-corrected chi connectivity index (χ0v) is 20.0. The van der Waals surface area contributed by atoms with Crippen molar-refractivity contribution in [2.75, 3.05) is 23.9 Å². The molecule has 3 aromatic rings. The first kappa shape index (κ1) is 22.2. The fourth-order valence-corrected chi connectivity index (χ4v) is 4.91. The summed E-state index contributed by atoms with van der Waals surface area (Å²) in [6, 6.07) is 16.3. The molecule has 3 aromatic carbocycles. The van der Waals surface area contributed by atoms with E-state index in [0.29, 0.717) is 40.2 Å². The molecule has 2 aliphatic rings. The van der Waals surface area contributed by atoms with Gasteiger partial charge in [-0.1, -0.05) is 40.2 Å². The fraction of sp³-hybridized carbons (Fsp3) is 0.240. The number of amides is 1. The number of methoxy groups -OCH3 is 1. The van der Waals surface area contributed by atoms with Gasteiger partial charge in [0.05, 0.1) is 29.3 Å². The minimum Gasteiger partial charge on any atom is -0.493 e. The lowest BCUT2D eigenvalue weighted by Gasteiger charge is -2.22. The minimum atomic E-state index is -0.418. The maximum absolute atomic E-state index is 13.5. The highest BCUT2D eigenvalue weighted by Crippen LogP contribution is 2.40. The number of nitro groups is 1. The Morgan fingerprint density at radius 3 is 2.71 bits per heavy atom. The number of carbonyl (C=O) groups excluding carboxylic acids is 1. The number of nitro benzene ring substituents is 1. The highest BCUT2D eigenvalue weighted by Gasteiger charge is 2.37. The quantitative estimate of drug-likeness (QED) is 0.275. The third kappa shape index (κ3) is 3.96. The van der Waals surface area contributed by atoms with Crippen molar-refractivity contribution in [3.63, 3.8) is 0 Å². The van der Waals surface area contributed by atoms with E-state index in [4.69, 9.17) is 9.47 Å². The van der Waals surface area contributed by atoms with Crippen LogP contribution in [0.3, 0.4) is 0 Å². The summed E-state index contributed by atoms with van der Waals surface area (Å²) in [6.07, 6.45) is 0.798. The van der Waals surface area contributed by atoms with E-state index in [0.717, 1.165) is 23.2 Å². The number of hydrogen-bond donors (Lipinski definition) is 1. The Labute approximate surface area is 204 Å². The van der Waals surface area contributed by atoms with Crippen molar-refractivity contribution in [1.82, 2.24) is 0 Å². The van der Waals surface area contributed by atoms with Gasteiger partial charge in [0.25, 0.3) is 11.6 Å². The number of carbonyl (C=O) groups is 1. The van der Waals surface area contributed by atoms with Gasteiger partial charge in [-0.25, -0.2) is 0 Å². The summed E-state index contributed by atoms with van der Waals surface area (Å²) in [7, 11) is 1.52. The number of fused-ring (bicyclic) bond motifs is 4. The number of anilines is 2. The van der Waals surface area contributed by atoms with Gasteiger partial charge in [-0.2, -0.15) is 0 Å². The van der Waals surface area contributed by atoms with E-state index in [2.05, 4.69) is 27.3 Å². The maximum atomic E-state index is 13.5. The molecule has 0 aromatic heterocycles. The average Bonchev–Trinajstić information content (AvgIpc) is 3.17. The van der Waals surface area contributed by atoms with Crippen molar-refractivity contribution in [1.29, 1.82) is 0 Å². The molecule has 8 nitrogen and oxygen atoms in total. The Kier molecular flexibility index (Phi) is 5.87. The summed E-state index contributed by atoms with van der Waals surface area (Å²) < 4.78 is 11.6. The van der Waals surface area contributed by atoms with Gasteiger partial charge in [-0.15, -0.1) is 0 Å². The van der Waals surface area contributed by atoms with Crippen LogP contribution in [-0.2, 0) is 18.4 Å². The summed E-state index contributed by atoms with van der Waals surface area (Å²) in [5, 5.41) is 15.2. The highest BCUT2D eigenvalue weighted by atomic mass is 79.9. The molecule has 0 fully saturated rings. The second-order valence-electron chi connectivity index (χ2n) is 8.28. The van der Waals surface area contributed by atoms with Gasteiger partial charge >= 0.3 is 0 Å². The summed E-state index contributed by atoms with van der Waals surface area (Å²) in [5.41, 5.74) is 4.76. The number of nitrogens with zero attached hydrogens (tertiary/aromatic N) is 2. The van der Waals surface area contributed by atoms with E-state index in [1.807, 2.05) is 29.2 Å². The van der Waals surface area contributed by atoms with Crippen molar-refractivity contribution >= 4 is 38.9 Å². The van der Waals surface area contributed by atoms with Crippen molar-refractivity contribution in [3.8, 4) is 11.5 Å². The topological polar surface area (TPSA) is 93.9 Å². The first-order valence-corrected chi connectivity index (χ1v) is 11.9. The normalized spacial score (nSPS) is 16.1. The first-order chi connectivity index (χ1) is 16.5. The third-order valence-electron chi connectivity index (χ3n) is 6.15. The lowest BCUT2D eigenvalue weighted by Crippen LogP contribution is -2.39. The van der Waals surface area contributed by atoms with Gasteiger partial charge in [-0.3, -0.25) is 14.9 Å². The lowest BCUT2D eigenvalue weighted by molar-refractivity contribution is -0.385. The Morgan fingerprint density at radius 1 is 1.15 bits per heavy atom. The standard InChI is InChI=1S/C25H22BrN3O5/c1-33-23-10-20-21(27-13-19-9-17-4-2-3-5-22(17)28(19)25(20)30)11-24(23)34-14-16-6-15(12-26)7-18(8-16)29(31)32/h2-8,10-11,19,27H,9,12-14H2,1H3/t19-/m0/s1. The Balaban J connectivity index is 1.45. The number of non-ortho nitro benzene ring substituents is 1. The molecule has 0 spiro atoms. The smallest absolute Gasteiger partial charge is 0.270 e. The monoisotopic (exact) mass is 523 g/mol. The lowest BCUT2D eigenvalue weighted by atomic mass is 10.1. The molecule has 2 aliphatic heterocycles. The molecule has 9 heteroatoms. The molecule has 0 unspecified atom stereocenters. The predicted molar refractivity (Wildman–Crippen MR) is 132 cm³/mol. The van der Waals surface area contributed by atoms with Crippen molar-refractivity contribution < 1.29 is 19.2 Å². The maximum Gasteiger partial charge on any atom is 0.270 e. The first-order valence-electron chi connectivity index (χ1n) is 10.8. The average molecular weight is 524 g/mol. The summed E-state index contributed by atoms with van der Waals surface area (Å²) in [6.45, 7) is 0.728. The second-order valence-corrected chi connectivity index (χ2v) is 8.84. The number of alkyl halides is 1. The zero-order chi connectivity index (χ0) is 23.8. The molecule has 0 radical (unpaired) electrons. The molecule has 5 rings (SSSR count). The molecule has 1 N–H and O–H groups in total. The largest absolute Gasteiger partial charge is 0.493 e. The van der Waals surface area contributed by atoms with E-state index < -0.39 is 4.92 Å². The van der Waals surface area contributed by atoms with Crippen LogP contribution < -0.4 is 19.7 Å². The van der Waals surface area contributed by atoms with Gasteiger partial charge < -0.3 is 19.7 Å². The highest BCUT2D eigenvalue weighted by molar-refractivity contribution is 9.08. The molecule has 34 heavy (non-hydrogen) atoms. The van der Waals surface area contributed by atoms with E-state index in [1.54, 1.807) is 12.1 Å². The third-order valence-corrected chi connectivity index (χ3v) is 6.80. The molecular formula is C25H22BrN3O5. The van der Waals surface area contributed by atoms with Gasteiger partial charge in [0, 0.05) is 35.8 Å². The van der Waals surface area contributed by atoms with Crippen LogP contribution in [-0.4, -0.2) is 30.5 Å². The van der Waals surface area contributed by atoms with Crippen LogP contribution in [0.15, 0.2) is 54.6 Å². The van der Waals surface area contributed by atoms with Gasteiger partial charge in [0.2, 0.25) is 0 Å². The zero-order valence-electron chi connectivity index (χ0n) is 18.4. The van der Waals surface area contributed by atoms with Gasteiger partial charge in [0.15, 0.2) is 11.5 Å². The molecule has 0 saturated carbocycles. The summed E-state index contributed by atoms with van der Waals surface area (Å²) in [5.74, 6) is 0.794. The predicted octanol–water partition coefficient (Wildman–Crippen LogP) is 5.07. The minimum absolute atomic E-state index is 0.0116. The van der Waals surface area contributed by atoms with E-state index in [9.17, 15) is 14.9 Å². The van der Waals surface area contributed by atoms with E-state index in [-0.39, 0.29) is 24.2 Å². The number of rotatable bonds is 6. The SMILES string of the molecule is COc1cc2c(cc1OCc1cc(CBr)cc([N+](=O)[O-])c1)NC[C@@H]1Cc3ccccc3N1C2=O. The van der Waals surface area contributed by atoms with Gasteiger partial charge in [0.1, 0.15) is 6.61 Å². The van der Waals surface area contributed by atoms with Gasteiger partial charge in [-0.05, 0) is 35.2 Å². The molecule has 2 heterocycles. The van der Waals surface area contributed by atoms with E-state index >= 15 is 0 Å². The van der Waals surface area contributed by atoms with Crippen LogP contribution in [0.1, 0.15) is 27.0 Å². The molecular weight excluding hydrogens is 502 g/mol. The van der Waals surface area contributed by atoms with Crippen molar-refractivity contribution in [3.05, 3.63) is 87.0 Å². The Hall–Kier alpha value is -3.59. The molecule has 1 amide bonds. The fourth-order valence-electron chi connectivity index (χ4n) is 4.58. The number of hydrogen-bond acceptors (Lipinski definition) is 6. The number of benzene rings is 3. The van der Waals surface area contributed by atoms with Crippen LogP contribution in [0.4, 0.5) is 17.1 Å². The number of halogens is 1. The molecule has 0 aliphatic carbocycles. The van der Waals surface area contributed by atoms with Crippen LogP contribution in [0.2, 0.25) is 0 Å². The molecule has 0 saturated heterocycles. The number of ether oxygens (including phenoxy) is 2. The molecule has 1 atom stereocenters. The summed E-state index contributed by atoms with van der Waals surface area (Å²) in [4.78, 5) is 26.2. The Bertz CT molecular complexity index is 1300. The van der Waals surface area contributed by atoms with E-state index in [1.165, 1.54) is 19.2 Å². The number of nitrogens with one attached hydrogen (secondary N) is 1. The van der Waals surface area contributed by atoms with Crippen LogP contribution in [0.25, 0.3) is 0 Å². The van der Waals surface area contributed by atoms with Crippen LogP contribution >= 0.6 is 15.9 Å². The second kappa shape index (κ2) is 8.98. The number of para-hydroxylation sites is 1.